The number of hydrogen-bond donors (Lipinski definition) is 2. The van der Waals surface area contributed by atoms with Crippen LogP contribution in [-0.2, 0) is 4.79 Å². The van der Waals surface area contributed by atoms with Gasteiger partial charge in [0.15, 0.2) is 0 Å². The Balaban J connectivity index is 2.28. The lowest BCUT2D eigenvalue weighted by molar-refractivity contribution is -0.127. The highest BCUT2D eigenvalue weighted by Crippen LogP contribution is 2.30. The Bertz CT molecular complexity index is 300. The smallest absolute Gasteiger partial charge is 0.240 e. The normalized spacial score (nSPS) is 28.4. The van der Waals surface area contributed by atoms with E-state index in [1.54, 1.807) is 11.8 Å². The molecule has 1 saturated carbocycles. The zero-order chi connectivity index (χ0) is 12.7. The molecule has 1 aliphatic rings. The third kappa shape index (κ3) is 4.61. The summed E-state index contributed by atoms with van der Waals surface area (Å²) in [7, 11) is 0. The lowest BCUT2D eigenvalue weighted by Gasteiger charge is -2.35. The summed E-state index contributed by atoms with van der Waals surface area (Å²) in [6.07, 6.45) is 8.99. The summed E-state index contributed by atoms with van der Waals surface area (Å²) < 4.78 is 0. The summed E-state index contributed by atoms with van der Waals surface area (Å²) in [5, 5.41) is 2.92. The number of thioether (sulfide) groups is 1. The fourth-order valence-corrected chi connectivity index (χ4v) is 2.85. The monoisotopic (exact) mass is 254 g/mol. The standard InChI is InChI=1S/C13H22N2OS/c1-3-8-17-9-7-15-12(16)13(14)6-4-5-11(2)10-13/h1,11H,4-10,14H2,2H3,(H,15,16). The van der Waals surface area contributed by atoms with Crippen molar-refractivity contribution in [3.05, 3.63) is 0 Å². The average Bonchev–Trinajstić information content (AvgIpc) is 2.28. The summed E-state index contributed by atoms with van der Waals surface area (Å²) in [5.74, 6) is 4.66. The topological polar surface area (TPSA) is 55.1 Å². The average molecular weight is 254 g/mol. The molecule has 0 radical (unpaired) electrons. The molecular formula is C13H22N2OS. The van der Waals surface area contributed by atoms with Gasteiger partial charge in [0.2, 0.25) is 5.91 Å². The number of amides is 1. The second kappa shape index (κ2) is 6.93. The van der Waals surface area contributed by atoms with E-state index in [0.29, 0.717) is 18.2 Å². The molecule has 0 saturated heterocycles. The first-order chi connectivity index (χ1) is 8.08. The summed E-state index contributed by atoms with van der Waals surface area (Å²) in [6.45, 7) is 2.81. The van der Waals surface area contributed by atoms with Crippen molar-refractivity contribution in [3.63, 3.8) is 0 Å². The van der Waals surface area contributed by atoms with Gasteiger partial charge in [0, 0.05) is 12.3 Å². The van der Waals surface area contributed by atoms with Crippen molar-refractivity contribution in [2.45, 2.75) is 38.1 Å². The van der Waals surface area contributed by atoms with Gasteiger partial charge in [-0.05, 0) is 18.8 Å². The maximum absolute atomic E-state index is 12.0. The number of rotatable bonds is 5. The minimum absolute atomic E-state index is 0.00496. The van der Waals surface area contributed by atoms with Gasteiger partial charge in [-0.1, -0.05) is 25.7 Å². The molecular weight excluding hydrogens is 232 g/mol. The third-order valence-electron chi connectivity index (χ3n) is 3.20. The van der Waals surface area contributed by atoms with E-state index in [1.165, 1.54) is 6.42 Å². The maximum atomic E-state index is 12.0. The van der Waals surface area contributed by atoms with Crippen molar-refractivity contribution in [1.82, 2.24) is 5.32 Å². The van der Waals surface area contributed by atoms with Crippen LogP contribution in [-0.4, -0.2) is 29.5 Å². The molecule has 4 heteroatoms. The molecule has 1 aliphatic carbocycles. The fourth-order valence-electron chi connectivity index (χ4n) is 2.34. The first kappa shape index (κ1) is 14.4. The molecule has 96 valence electrons. The van der Waals surface area contributed by atoms with E-state index in [4.69, 9.17) is 12.2 Å². The van der Waals surface area contributed by atoms with Gasteiger partial charge < -0.3 is 11.1 Å². The highest BCUT2D eigenvalue weighted by Gasteiger charge is 2.37. The van der Waals surface area contributed by atoms with E-state index >= 15 is 0 Å². The molecule has 0 aromatic carbocycles. The number of terminal acetylenes is 1. The summed E-state index contributed by atoms with van der Waals surface area (Å²) in [6, 6.07) is 0. The lowest BCUT2D eigenvalue weighted by Crippen LogP contribution is -2.56. The second-order valence-electron chi connectivity index (χ2n) is 4.87. The van der Waals surface area contributed by atoms with E-state index in [0.717, 1.165) is 25.0 Å². The molecule has 0 heterocycles. The van der Waals surface area contributed by atoms with Gasteiger partial charge in [-0.3, -0.25) is 4.79 Å². The SMILES string of the molecule is C#CCSCCNC(=O)C1(N)CCCC(C)C1. The number of carbonyl (C=O) groups is 1. The predicted molar refractivity (Wildman–Crippen MR) is 73.7 cm³/mol. The number of carbonyl (C=O) groups excluding carboxylic acids is 1. The Morgan fingerprint density at radius 3 is 3.12 bits per heavy atom. The fraction of sp³-hybridized carbons (Fsp3) is 0.769. The molecule has 0 bridgehead atoms. The zero-order valence-electron chi connectivity index (χ0n) is 10.5. The second-order valence-corrected chi connectivity index (χ2v) is 5.98. The highest BCUT2D eigenvalue weighted by molar-refractivity contribution is 7.99. The van der Waals surface area contributed by atoms with Gasteiger partial charge in [-0.2, -0.15) is 0 Å². The van der Waals surface area contributed by atoms with E-state index in [9.17, 15) is 4.79 Å². The van der Waals surface area contributed by atoms with Crippen LogP contribution in [0.15, 0.2) is 0 Å². The molecule has 0 aliphatic heterocycles. The molecule has 3 nitrogen and oxygen atoms in total. The molecule has 1 amide bonds. The van der Waals surface area contributed by atoms with Crippen LogP contribution < -0.4 is 11.1 Å². The summed E-state index contributed by atoms with van der Waals surface area (Å²) >= 11 is 1.65. The quantitative estimate of drug-likeness (QED) is 0.575. The van der Waals surface area contributed by atoms with E-state index < -0.39 is 5.54 Å². The van der Waals surface area contributed by atoms with E-state index in [-0.39, 0.29) is 5.91 Å². The van der Waals surface area contributed by atoms with Gasteiger partial charge in [-0.15, -0.1) is 18.2 Å². The number of hydrogen-bond acceptors (Lipinski definition) is 3. The zero-order valence-corrected chi connectivity index (χ0v) is 11.3. The van der Waals surface area contributed by atoms with Crippen molar-refractivity contribution < 1.29 is 4.79 Å². The van der Waals surface area contributed by atoms with Crippen LogP contribution in [0.1, 0.15) is 32.6 Å². The van der Waals surface area contributed by atoms with Crippen LogP contribution in [0.25, 0.3) is 0 Å². The number of nitrogens with one attached hydrogen (secondary N) is 1. The van der Waals surface area contributed by atoms with Crippen LogP contribution in [0.2, 0.25) is 0 Å². The van der Waals surface area contributed by atoms with Crippen LogP contribution in [0.5, 0.6) is 0 Å². The van der Waals surface area contributed by atoms with Crippen molar-refractivity contribution in [2.75, 3.05) is 18.1 Å². The maximum Gasteiger partial charge on any atom is 0.240 e. The predicted octanol–water partition coefficient (Wildman–Crippen LogP) is 1.38. The summed E-state index contributed by atoms with van der Waals surface area (Å²) in [5.41, 5.74) is 5.54. The van der Waals surface area contributed by atoms with Crippen LogP contribution in [0.3, 0.4) is 0 Å². The molecule has 1 rings (SSSR count). The van der Waals surface area contributed by atoms with Crippen LogP contribution in [0.4, 0.5) is 0 Å². The molecule has 2 unspecified atom stereocenters. The van der Waals surface area contributed by atoms with Gasteiger partial charge >= 0.3 is 0 Å². The Labute approximate surface area is 108 Å². The Kier molecular flexibility index (Phi) is 5.87. The van der Waals surface area contributed by atoms with Crippen molar-refractivity contribution >= 4 is 17.7 Å². The van der Waals surface area contributed by atoms with Crippen LogP contribution >= 0.6 is 11.8 Å². The Hall–Kier alpha value is -0.660. The molecule has 0 aromatic heterocycles. The third-order valence-corrected chi connectivity index (χ3v) is 4.07. The largest absolute Gasteiger partial charge is 0.354 e. The van der Waals surface area contributed by atoms with Crippen molar-refractivity contribution in [3.8, 4) is 12.3 Å². The van der Waals surface area contributed by atoms with Gasteiger partial charge in [0.1, 0.15) is 0 Å². The molecule has 0 spiro atoms. The molecule has 2 atom stereocenters. The molecule has 1 fully saturated rings. The molecule has 17 heavy (non-hydrogen) atoms. The first-order valence-electron chi connectivity index (χ1n) is 6.17. The van der Waals surface area contributed by atoms with Gasteiger partial charge in [-0.25, -0.2) is 0 Å². The Morgan fingerprint density at radius 1 is 1.71 bits per heavy atom. The molecule has 0 aromatic rings. The van der Waals surface area contributed by atoms with Crippen LogP contribution in [0, 0.1) is 18.3 Å². The van der Waals surface area contributed by atoms with Gasteiger partial charge in [0.05, 0.1) is 11.3 Å². The lowest BCUT2D eigenvalue weighted by atomic mass is 9.76. The highest BCUT2D eigenvalue weighted by atomic mass is 32.2. The van der Waals surface area contributed by atoms with Crippen molar-refractivity contribution in [2.24, 2.45) is 11.7 Å². The Morgan fingerprint density at radius 2 is 2.47 bits per heavy atom. The number of nitrogens with two attached hydrogens (primary N) is 1. The minimum Gasteiger partial charge on any atom is -0.354 e. The van der Waals surface area contributed by atoms with Crippen molar-refractivity contribution in [1.29, 1.82) is 0 Å². The van der Waals surface area contributed by atoms with Gasteiger partial charge in [0.25, 0.3) is 0 Å². The first-order valence-corrected chi connectivity index (χ1v) is 7.32. The van der Waals surface area contributed by atoms with E-state index in [1.807, 2.05) is 0 Å². The van der Waals surface area contributed by atoms with E-state index in [2.05, 4.69) is 18.2 Å². The minimum atomic E-state index is -0.644. The summed E-state index contributed by atoms with van der Waals surface area (Å²) in [4.78, 5) is 12.0. The molecule has 3 N–H and O–H groups in total.